The minimum Gasteiger partial charge on any atom is -0.397 e. The number of anilines is 2. The van der Waals surface area contributed by atoms with Crippen molar-refractivity contribution in [1.29, 1.82) is 0 Å². The van der Waals surface area contributed by atoms with Crippen molar-refractivity contribution in [3.63, 3.8) is 0 Å². The summed E-state index contributed by atoms with van der Waals surface area (Å²) in [6.45, 7) is 4.25. The summed E-state index contributed by atoms with van der Waals surface area (Å²) < 4.78 is 0. The van der Waals surface area contributed by atoms with Crippen molar-refractivity contribution in [3.05, 3.63) is 17.8 Å². The van der Waals surface area contributed by atoms with Crippen LogP contribution in [0.2, 0.25) is 0 Å². The number of likely N-dealkylation sites (tertiary alicyclic amines) is 1. The largest absolute Gasteiger partial charge is 0.397 e. The van der Waals surface area contributed by atoms with E-state index in [1.54, 1.807) is 6.07 Å². The molecule has 0 aromatic carbocycles. The number of nitrogens with one attached hydrogen (secondary N) is 1. The number of aromatic nitrogens is 1. The number of hydrogen-bond donors (Lipinski definition) is 3. The fraction of sp³-hybridized carbons (Fsp3) is 0.538. The molecule has 1 amide bonds. The maximum Gasteiger partial charge on any atom is 0.252 e. The van der Waals surface area contributed by atoms with Crippen LogP contribution in [0.3, 0.4) is 0 Å². The Morgan fingerprint density at radius 2 is 2.16 bits per heavy atom. The summed E-state index contributed by atoms with van der Waals surface area (Å²) in [5.41, 5.74) is 11.7. The van der Waals surface area contributed by atoms with Gasteiger partial charge in [0.1, 0.15) is 5.82 Å². The number of primary amides is 1. The normalized spacial score (nSPS) is 15.6. The maximum atomic E-state index is 11.3. The summed E-state index contributed by atoms with van der Waals surface area (Å²) in [6, 6.07) is 1.55. The smallest absolute Gasteiger partial charge is 0.252 e. The number of rotatable bonds is 6. The van der Waals surface area contributed by atoms with Gasteiger partial charge in [-0.25, -0.2) is 4.98 Å². The molecule has 1 aromatic heterocycles. The van der Waals surface area contributed by atoms with E-state index in [1.165, 1.54) is 32.1 Å². The van der Waals surface area contributed by atoms with Gasteiger partial charge >= 0.3 is 0 Å². The van der Waals surface area contributed by atoms with Gasteiger partial charge in [0.05, 0.1) is 17.4 Å². The second-order valence-corrected chi connectivity index (χ2v) is 4.86. The third-order valence-corrected chi connectivity index (χ3v) is 3.32. The molecule has 1 aliphatic rings. The number of amides is 1. The van der Waals surface area contributed by atoms with Crippen LogP contribution >= 0.6 is 0 Å². The zero-order valence-corrected chi connectivity index (χ0v) is 11.1. The Labute approximate surface area is 113 Å². The molecule has 5 N–H and O–H groups in total. The van der Waals surface area contributed by atoms with E-state index < -0.39 is 5.91 Å². The van der Waals surface area contributed by atoms with Crippen LogP contribution in [0, 0.1) is 0 Å². The van der Waals surface area contributed by atoms with Crippen molar-refractivity contribution in [2.75, 3.05) is 37.2 Å². The highest BCUT2D eigenvalue weighted by Gasteiger charge is 2.12. The van der Waals surface area contributed by atoms with E-state index in [2.05, 4.69) is 15.2 Å². The van der Waals surface area contributed by atoms with E-state index in [4.69, 9.17) is 11.5 Å². The van der Waals surface area contributed by atoms with E-state index >= 15 is 0 Å². The molecule has 1 saturated heterocycles. The van der Waals surface area contributed by atoms with Crippen LogP contribution in [-0.4, -0.2) is 42.0 Å². The van der Waals surface area contributed by atoms with Gasteiger partial charge in [-0.2, -0.15) is 0 Å². The number of nitrogens with two attached hydrogens (primary N) is 2. The Morgan fingerprint density at radius 1 is 1.42 bits per heavy atom. The second-order valence-electron chi connectivity index (χ2n) is 4.86. The van der Waals surface area contributed by atoms with Gasteiger partial charge in [0, 0.05) is 6.54 Å². The lowest BCUT2D eigenvalue weighted by Gasteiger charge is -2.15. The molecule has 6 nitrogen and oxygen atoms in total. The van der Waals surface area contributed by atoms with Gasteiger partial charge in [-0.05, 0) is 45.0 Å². The quantitative estimate of drug-likeness (QED) is 0.655. The monoisotopic (exact) mass is 263 g/mol. The molecule has 0 radical (unpaired) electrons. The highest BCUT2D eigenvalue weighted by Crippen LogP contribution is 2.15. The van der Waals surface area contributed by atoms with E-state index in [0.717, 1.165) is 19.5 Å². The summed E-state index contributed by atoms with van der Waals surface area (Å²) in [7, 11) is 0. The van der Waals surface area contributed by atoms with Gasteiger partial charge < -0.3 is 21.7 Å². The number of carbonyl (C=O) groups excluding carboxylic acids is 1. The van der Waals surface area contributed by atoms with Crippen LogP contribution in [-0.2, 0) is 0 Å². The van der Waals surface area contributed by atoms with Gasteiger partial charge in [-0.3, -0.25) is 4.79 Å². The number of nitrogens with zero attached hydrogens (tertiary/aromatic N) is 2. The van der Waals surface area contributed by atoms with Crippen LogP contribution in [0.15, 0.2) is 12.3 Å². The zero-order chi connectivity index (χ0) is 13.7. The summed E-state index contributed by atoms with van der Waals surface area (Å²) >= 11 is 0. The molecule has 0 atom stereocenters. The Kier molecular flexibility index (Phi) is 4.57. The molecular weight excluding hydrogens is 242 g/mol. The van der Waals surface area contributed by atoms with Crippen LogP contribution in [0.25, 0.3) is 0 Å². The molecule has 6 heteroatoms. The molecule has 0 bridgehead atoms. The average molecular weight is 263 g/mol. The highest BCUT2D eigenvalue weighted by atomic mass is 16.1. The third-order valence-electron chi connectivity index (χ3n) is 3.32. The number of carbonyl (C=O) groups is 1. The Morgan fingerprint density at radius 3 is 2.84 bits per heavy atom. The van der Waals surface area contributed by atoms with E-state index in [9.17, 15) is 4.79 Å². The van der Waals surface area contributed by atoms with E-state index in [0.29, 0.717) is 17.1 Å². The summed E-state index contributed by atoms with van der Waals surface area (Å²) in [6.07, 6.45) is 5.15. The fourth-order valence-corrected chi connectivity index (χ4v) is 2.33. The van der Waals surface area contributed by atoms with Gasteiger partial charge in [0.15, 0.2) is 0 Å². The molecule has 19 heavy (non-hydrogen) atoms. The summed E-state index contributed by atoms with van der Waals surface area (Å²) in [4.78, 5) is 17.9. The van der Waals surface area contributed by atoms with E-state index in [1.807, 2.05) is 0 Å². The maximum absolute atomic E-state index is 11.3. The lowest BCUT2D eigenvalue weighted by atomic mass is 10.2. The standard InChI is InChI=1S/C13H21N5O/c14-10-8-11(12(15)19)13(17-9-10)16-4-3-7-18-5-1-2-6-18/h8-9H,1-7,14H2,(H2,15,19)(H,16,17). The van der Waals surface area contributed by atoms with Crippen molar-refractivity contribution in [3.8, 4) is 0 Å². The molecule has 0 spiro atoms. The van der Waals surface area contributed by atoms with Gasteiger partial charge in [0.25, 0.3) is 5.91 Å². The molecule has 2 rings (SSSR count). The van der Waals surface area contributed by atoms with Gasteiger partial charge in [0.2, 0.25) is 0 Å². The van der Waals surface area contributed by atoms with Crippen molar-refractivity contribution in [2.24, 2.45) is 5.73 Å². The van der Waals surface area contributed by atoms with Crippen LogP contribution in [0.5, 0.6) is 0 Å². The van der Waals surface area contributed by atoms with E-state index in [-0.39, 0.29) is 0 Å². The first-order chi connectivity index (χ1) is 9.16. The Balaban J connectivity index is 1.83. The first-order valence-electron chi connectivity index (χ1n) is 6.68. The minimum absolute atomic E-state index is 0.348. The number of nitrogen functional groups attached to an aromatic ring is 1. The average Bonchev–Trinajstić information content (AvgIpc) is 2.89. The Bertz CT molecular complexity index is 443. The van der Waals surface area contributed by atoms with Crippen LogP contribution in [0.1, 0.15) is 29.6 Å². The van der Waals surface area contributed by atoms with Crippen LogP contribution in [0.4, 0.5) is 11.5 Å². The second kappa shape index (κ2) is 6.38. The molecule has 0 unspecified atom stereocenters. The first-order valence-corrected chi connectivity index (χ1v) is 6.68. The van der Waals surface area contributed by atoms with Gasteiger partial charge in [-0.1, -0.05) is 0 Å². The van der Waals surface area contributed by atoms with Crippen LogP contribution < -0.4 is 16.8 Å². The SMILES string of the molecule is NC(=O)c1cc(N)cnc1NCCCN1CCCC1. The summed E-state index contributed by atoms with van der Waals surface area (Å²) in [5, 5.41) is 3.15. The predicted molar refractivity (Wildman–Crippen MR) is 75.9 cm³/mol. The fourth-order valence-electron chi connectivity index (χ4n) is 2.33. The molecule has 1 aromatic rings. The first kappa shape index (κ1) is 13.6. The van der Waals surface area contributed by atoms with Crippen molar-refractivity contribution in [2.45, 2.75) is 19.3 Å². The number of hydrogen-bond acceptors (Lipinski definition) is 5. The van der Waals surface area contributed by atoms with Crippen molar-refractivity contribution >= 4 is 17.4 Å². The predicted octanol–water partition coefficient (Wildman–Crippen LogP) is 0.660. The third kappa shape index (κ3) is 3.82. The molecular formula is C13H21N5O. The lowest BCUT2D eigenvalue weighted by molar-refractivity contribution is 0.100. The lowest BCUT2D eigenvalue weighted by Crippen LogP contribution is -2.23. The molecule has 0 aliphatic carbocycles. The molecule has 104 valence electrons. The molecule has 1 fully saturated rings. The molecule has 2 heterocycles. The minimum atomic E-state index is -0.512. The number of pyridine rings is 1. The molecule has 1 aliphatic heterocycles. The topological polar surface area (TPSA) is 97.3 Å². The Hall–Kier alpha value is -1.82. The zero-order valence-electron chi connectivity index (χ0n) is 11.1. The molecule has 0 saturated carbocycles. The summed E-state index contributed by atoms with van der Waals surface area (Å²) in [5.74, 6) is 0.00460. The van der Waals surface area contributed by atoms with Crippen molar-refractivity contribution < 1.29 is 4.79 Å². The van der Waals surface area contributed by atoms with Crippen molar-refractivity contribution in [1.82, 2.24) is 9.88 Å². The highest BCUT2D eigenvalue weighted by molar-refractivity contribution is 5.98. The van der Waals surface area contributed by atoms with Gasteiger partial charge in [-0.15, -0.1) is 0 Å².